The summed E-state index contributed by atoms with van der Waals surface area (Å²) in [5.74, 6) is 0.836. The Labute approximate surface area is 123 Å². The van der Waals surface area contributed by atoms with Gasteiger partial charge in [0, 0.05) is 12.6 Å². The molecular formula is C15H20N2O2S. The third kappa shape index (κ3) is 2.74. The second kappa shape index (κ2) is 5.97. The molecular weight excluding hydrogens is 272 g/mol. The third-order valence-corrected chi connectivity index (χ3v) is 4.27. The van der Waals surface area contributed by atoms with Gasteiger partial charge in [0.15, 0.2) is 4.77 Å². The van der Waals surface area contributed by atoms with Crippen molar-refractivity contribution in [3.05, 3.63) is 23.0 Å². The minimum absolute atomic E-state index is 0.453. The van der Waals surface area contributed by atoms with Crippen molar-refractivity contribution in [2.45, 2.75) is 38.3 Å². The lowest BCUT2D eigenvalue weighted by atomic mass is 10.3. The molecule has 20 heavy (non-hydrogen) atoms. The van der Waals surface area contributed by atoms with Gasteiger partial charge < -0.3 is 19.0 Å². The average Bonchev–Trinajstić information content (AvgIpc) is 3.06. The lowest BCUT2D eigenvalue weighted by molar-refractivity contribution is 0.0533. The van der Waals surface area contributed by atoms with Crippen LogP contribution < -0.4 is 4.74 Å². The molecule has 0 atom stereocenters. The number of rotatable bonds is 5. The largest absolute Gasteiger partial charge is 0.497 e. The van der Waals surface area contributed by atoms with Gasteiger partial charge in [-0.2, -0.15) is 0 Å². The highest BCUT2D eigenvalue weighted by Gasteiger charge is 2.15. The van der Waals surface area contributed by atoms with Crippen LogP contribution in [0.5, 0.6) is 5.75 Å². The molecule has 1 aromatic carbocycles. The minimum atomic E-state index is 0.453. The van der Waals surface area contributed by atoms with E-state index in [0.717, 1.165) is 34.7 Å². The van der Waals surface area contributed by atoms with E-state index >= 15 is 0 Å². The first-order valence-corrected chi connectivity index (χ1v) is 7.57. The van der Waals surface area contributed by atoms with Gasteiger partial charge in [0.1, 0.15) is 5.75 Å². The Bertz CT molecular complexity index is 641. The van der Waals surface area contributed by atoms with Gasteiger partial charge in [-0.1, -0.05) is 12.8 Å². The molecule has 4 nitrogen and oxygen atoms in total. The number of nitrogens with one attached hydrogen (secondary N) is 1. The zero-order valence-corrected chi connectivity index (χ0v) is 12.5. The Morgan fingerprint density at radius 3 is 2.90 bits per heavy atom. The molecule has 0 amide bonds. The van der Waals surface area contributed by atoms with Crippen molar-refractivity contribution in [3.63, 3.8) is 0 Å². The van der Waals surface area contributed by atoms with Crippen LogP contribution in [-0.4, -0.2) is 29.4 Å². The Balaban J connectivity index is 1.73. The van der Waals surface area contributed by atoms with E-state index in [1.165, 1.54) is 25.7 Å². The molecule has 1 N–H and O–H groups in total. The van der Waals surface area contributed by atoms with E-state index in [4.69, 9.17) is 21.7 Å². The number of aromatic amines is 1. The number of benzene rings is 1. The number of hydrogen-bond acceptors (Lipinski definition) is 3. The van der Waals surface area contributed by atoms with Gasteiger partial charge in [0.2, 0.25) is 0 Å². The van der Waals surface area contributed by atoms with Crippen LogP contribution in [0, 0.1) is 4.77 Å². The molecule has 1 saturated carbocycles. The fourth-order valence-electron chi connectivity index (χ4n) is 2.86. The van der Waals surface area contributed by atoms with Gasteiger partial charge in [0.05, 0.1) is 30.9 Å². The van der Waals surface area contributed by atoms with E-state index in [-0.39, 0.29) is 0 Å². The summed E-state index contributed by atoms with van der Waals surface area (Å²) in [4.78, 5) is 3.22. The van der Waals surface area contributed by atoms with E-state index in [1.807, 2.05) is 18.2 Å². The first kappa shape index (κ1) is 13.6. The van der Waals surface area contributed by atoms with E-state index in [9.17, 15) is 0 Å². The van der Waals surface area contributed by atoms with Crippen LogP contribution in [0.15, 0.2) is 18.2 Å². The van der Waals surface area contributed by atoms with Crippen LogP contribution in [0.25, 0.3) is 11.0 Å². The Morgan fingerprint density at radius 1 is 1.35 bits per heavy atom. The highest BCUT2D eigenvalue weighted by atomic mass is 32.1. The van der Waals surface area contributed by atoms with Crippen LogP contribution in [0.3, 0.4) is 0 Å². The van der Waals surface area contributed by atoms with Crippen molar-refractivity contribution in [2.24, 2.45) is 0 Å². The zero-order chi connectivity index (χ0) is 13.9. The maximum Gasteiger partial charge on any atom is 0.178 e. The molecule has 108 valence electrons. The van der Waals surface area contributed by atoms with Gasteiger partial charge in [-0.15, -0.1) is 0 Å². The molecule has 1 aliphatic rings. The van der Waals surface area contributed by atoms with Crippen LogP contribution in [0.1, 0.15) is 25.7 Å². The van der Waals surface area contributed by atoms with Crippen LogP contribution in [-0.2, 0) is 11.3 Å². The average molecular weight is 292 g/mol. The smallest absolute Gasteiger partial charge is 0.178 e. The van der Waals surface area contributed by atoms with Crippen molar-refractivity contribution < 1.29 is 9.47 Å². The number of imidazole rings is 1. The maximum absolute atomic E-state index is 5.92. The Morgan fingerprint density at radius 2 is 2.15 bits per heavy atom. The molecule has 1 heterocycles. The molecule has 3 rings (SSSR count). The van der Waals surface area contributed by atoms with E-state index in [0.29, 0.717) is 6.10 Å². The molecule has 5 heteroatoms. The summed E-state index contributed by atoms with van der Waals surface area (Å²) in [6.45, 7) is 1.51. The molecule has 0 radical (unpaired) electrons. The summed E-state index contributed by atoms with van der Waals surface area (Å²) in [5.41, 5.74) is 2.11. The molecule has 0 bridgehead atoms. The monoisotopic (exact) mass is 292 g/mol. The first-order chi connectivity index (χ1) is 9.78. The predicted molar refractivity (Wildman–Crippen MR) is 81.9 cm³/mol. The molecule has 2 aromatic rings. The van der Waals surface area contributed by atoms with Crippen LogP contribution in [0.2, 0.25) is 0 Å². The number of aromatic nitrogens is 2. The highest BCUT2D eigenvalue weighted by molar-refractivity contribution is 7.71. The summed E-state index contributed by atoms with van der Waals surface area (Å²) in [5, 5.41) is 0. The number of fused-ring (bicyclic) bond motifs is 1. The summed E-state index contributed by atoms with van der Waals surface area (Å²) in [7, 11) is 1.67. The number of H-pyrrole nitrogens is 1. The topological polar surface area (TPSA) is 39.2 Å². The summed E-state index contributed by atoms with van der Waals surface area (Å²) < 4.78 is 14.0. The third-order valence-electron chi connectivity index (χ3n) is 3.95. The summed E-state index contributed by atoms with van der Waals surface area (Å²) in [6.07, 6.45) is 5.47. The van der Waals surface area contributed by atoms with E-state index in [1.54, 1.807) is 7.11 Å². The lowest BCUT2D eigenvalue weighted by Gasteiger charge is -2.11. The molecule has 0 saturated heterocycles. The summed E-state index contributed by atoms with van der Waals surface area (Å²) >= 11 is 5.39. The molecule has 1 aromatic heterocycles. The molecule has 0 aliphatic heterocycles. The predicted octanol–water partition coefficient (Wildman–Crippen LogP) is 3.67. The van der Waals surface area contributed by atoms with Gasteiger partial charge in [0.25, 0.3) is 0 Å². The van der Waals surface area contributed by atoms with Crippen molar-refractivity contribution in [1.82, 2.24) is 9.55 Å². The Hall–Kier alpha value is -1.33. The molecule has 0 unspecified atom stereocenters. The van der Waals surface area contributed by atoms with E-state index < -0.39 is 0 Å². The number of hydrogen-bond donors (Lipinski definition) is 1. The molecule has 1 aliphatic carbocycles. The fraction of sp³-hybridized carbons (Fsp3) is 0.533. The Kier molecular flexibility index (Phi) is 4.08. The molecule has 0 spiro atoms. The number of ether oxygens (including phenoxy) is 2. The number of methoxy groups -OCH3 is 1. The standard InChI is InChI=1S/C15H20N2O2S/c1-18-12-6-7-14-13(10-12)16-15(20)17(14)8-9-19-11-4-2-3-5-11/h6-7,10-11H,2-5,8-9H2,1H3,(H,16,20). The van der Waals surface area contributed by atoms with Crippen molar-refractivity contribution >= 4 is 23.3 Å². The SMILES string of the molecule is COc1ccc2c(c1)[nH]c(=S)n2CCOC1CCCC1. The fourth-order valence-corrected chi connectivity index (χ4v) is 3.16. The van der Waals surface area contributed by atoms with Crippen molar-refractivity contribution in [2.75, 3.05) is 13.7 Å². The second-order valence-corrected chi connectivity index (χ2v) is 5.63. The van der Waals surface area contributed by atoms with Crippen molar-refractivity contribution in [1.29, 1.82) is 0 Å². The maximum atomic E-state index is 5.92. The molecule has 1 fully saturated rings. The quantitative estimate of drug-likeness (QED) is 0.855. The van der Waals surface area contributed by atoms with Crippen LogP contribution >= 0.6 is 12.2 Å². The first-order valence-electron chi connectivity index (χ1n) is 7.16. The second-order valence-electron chi connectivity index (χ2n) is 5.24. The van der Waals surface area contributed by atoms with Gasteiger partial charge >= 0.3 is 0 Å². The van der Waals surface area contributed by atoms with Crippen LogP contribution in [0.4, 0.5) is 0 Å². The lowest BCUT2D eigenvalue weighted by Crippen LogP contribution is -2.13. The van der Waals surface area contributed by atoms with Gasteiger partial charge in [-0.25, -0.2) is 0 Å². The normalized spacial score (nSPS) is 16.1. The zero-order valence-electron chi connectivity index (χ0n) is 11.7. The van der Waals surface area contributed by atoms with Gasteiger partial charge in [-0.05, 0) is 37.2 Å². The highest BCUT2D eigenvalue weighted by Crippen LogP contribution is 2.22. The summed E-state index contributed by atoms with van der Waals surface area (Å²) in [6, 6.07) is 5.97. The minimum Gasteiger partial charge on any atom is -0.497 e. The van der Waals surface area contributed by atoms with E-state index in [2.05, 4.69) is 9.55 Å². The van der Waals surface area contributed by atoms with Crippen molar-refractivity contribution in [3.8, 4) is 5.75 Å². The van der Waals surface area contributed by atoms with Gasteiger partial charge in [-0.3, -0.25) is 0 Å². The number of nitrogens with zero attached hydrogens (tertiary/aromatic N) is 1.